The van der Waals surface area contributed by atoms with Gasteiger partial charge in [0.05, 0.1) is 10.6 Å². The van der Waals surface area contributed by atoms with Gasteiger partial charge in [-0.1, -0.05) is 15.9 Å². The molecule has 7 heteroatoms. The molecule has 0 saturated heterocycles. The maximum Gasteiger partial charge on any atom is 0.262 e. The van der Waals surface area contributed by atoms with Gasteiger partial charge in [-0.05, 0) is 49.4 Å². The molecule has 0 bridgehead atoms. The van der Waals surface area contributed by atoms with Crippen LogP contribution in [0, 0.1) is 0 Å². The van der Waals surface area contributed by atoms with Gasteiger partial charge in [-0.15, -0.1) is 0 Å². The molecule has 2 rings (SSSR count). The van der Waals surface area contributed by atoms with Gasteiger partial charge in [-0.2, -0.15) is 0 Å². The Balaban J connectivity index is 2.38. The molecule has 0 fully saturated rings. The predicted molar refractivity (Wildman–Crippen MR) is 83.1 cm³/mol. The molecule has 0 radical (unpaired) electrons. The van der Waals surface area contributed by atoms with E-state index >= 15 is 0 Å². The SMILES string of the molecule is CC(=O)c1ccc(O)c(NS(=O)(=O)c2ccc(Br)cc2)c1. The minimum absolute atomic E-state index is 0.0365. The van der Waals surface area contributed by atoms with Crippen molar-refractivity contribution in [2.75, 3.05) is 4.72 Å². The number of carbonyl (C=O) groups excluding carboxylic acids is 1. The summed E-state index contributed by atoms with van der Waals surface area (Å²) in [5, 5.41) is 9.73. The molecule has 21 heavy (non-hydrogen) atoms. The number of Topliss-reactive ketones (excluding diaryl/α,β-unsaturated/α-hetero) is 1. The molecule has 2 aromatic carbocycles. The average molecular weight is 370 g/mol. The van der Waals surface area contributed by atoms with E-state index in [0.717, 1.165) is 4.47 Å². The maximum absolute atomic E-state index is 12.2. The fourth-order valence-electron chi connectivity index (χ4n) is 1.65. The van der Waals surface area contributed by atoms with Crippen molar-refractivity contribution in [3.05, 3.63) is 52.5 Å². The highest BCUT2D eigenvalue weighted by atomic mass is 79.9. The highest BCUT2D eigenvalue weighted by Gasteiger charge is 2.16. The van der Waals surface area contributed by atoms with E-state index in [2.05, 4.69) is 20.7 Å². The zero-order chi connectivity index (χ0) is 15.6. The molecule has 0 heterocycles. The minimum atomic E-state index is -3.84. The van der Waals surface area contributed by atoms with Gasteiger partial charge in [0.2, 0.25) is 0 Å². The molecule has 0 unspecified atom stereocenters. The molecule has 0 aliphatic heterocycles. The first-order valence-electron chi connectivity index (χ1n) is 5.92. The third-order valence-corrected chi connectivity index (χ3v) is 4.68. The lowest BCUT2D eigenvalue weighted by Crippen LogP contribution is -2.13. The number of benzene rings is 2. The Hall–Kier alpha value is -1.86. The number of halogens is 1. The van der Waals surface area contributed by atoms with Crippen molar-refractivity contribution in [2.24, 2.45) is 0 Å². The van der Waals surface area contributed by atoms with E-state index in [4.69, 9.17) is 0 Å². The second kappa shape index (κ2) is 5.87. The Morgan fingerprint density at radius 2 is 1.76 bits per heavy atom. The van der Waals surface area contributed by atoms with Crippen molar-refractivity contribution in [3.63, 3.8) is 0 Å². The summed E-state index contributed by atoms with van der Waals surface area (Å²) in [6.07, 6.45) is 0. The lowest BCUT2D eigenvalue weighted by Gasteiger charge is -2.10. The van der Waals surface area contributed by atoms with Crippen LogP contribution in [0.5, 0.6) is 5.75 Å². The molecule has 2 aromatic rings. The molecular weight excluding hydrogens is 358 g/mol. The largest absolute Gasteiger partial charge is 0.506 e. The second-order valence-corrected chi connectivity index (χ2v) is 6.95. The quantitative estimate of drug-likeness (QED) is 0.640. The Labute approximate surface area is 130 Å². The summed E-state index contributed by atoms with van der Waals surface area (Å²) >= 11 is 3.22. The number of sulfonamides is 1. The van der Waals surface area contributed by atoms with E-state index in [1.54, 1.807) is 12.1 Å². The zero-order valence-electron chi connectivity index (χ0n) is 11.0. The third kappa shape index (κ3) is 3.62. The molecule has 0 saturated carbocycles. The van der Waals surface area contributed by atoms with Crippen LogP contribution in [0.15, 0.2) is 51.8 Å². The van der Waals surface area contributed by atoms with Crippen LogP contribution in [0.1, 0.15) is 17.3 Å². The molecule has 2 N–H and O–H groups in total. The maximum atomic E-state index is 12.2. The lowest BCUT2D eigenvalue weighted by molar-refractivity contribution is 0.101. The van der Waals surface area contributed by atoms with E-state index in [9.17, 15) is 18.3 Å². The standard InChI is InChI=1S/C14H12BrNO4S/c1-9(17)10-2-7-14(18)13(8-10)16-21(19,20)12-5-3-11(15)4-6-12/h2-8,16,18H,1H3. The fraction of sp³-hybridized carbons (Fsp3) is 0.0714. The molecule has 0 aliphatic carbocycles. The second-order valence-electron chi connectivity index (χ2n) is 4.35. The normalized spacial score (nSPS) is 11.1. The first kappa shape index (κ1) is 15.5. The van der Waals surface area contributed by atoms with Crippen LogP contribution < -0.4 is 4.72 Å². The van der Waals surface area contributed by atoms with Crippen molar-refractivity contribution in [1.82, 2.24) is 0 Å². The van der Waals surface area contributed by atoms with E-state index in [1.165, 1.54) is 37.3 Å². The number of nitrogens with one attached hydrogen (secondary N) is 1. The summed E-state index contributed by atoms with van der Waals surface area (Å²) in [5.74, 6) is -0.472. The average Bonchev–Trinajstić information content (AvgIpc) is 2.41. The van der Waals surface area contributed by atoms with Crippen molar-refractivity contribution in [3.8, 4) is 5.75 Å². The third-order valence-electron chi connectivity index (χ3n) is 2.77. The van der Waals surface area contributed by atoms with Crippen LogP contribution in [0.25, 0.3) is 0 Å². The minimum Gasteiger partial charge on any atom is -0.506 e. The number of hydrogen-bond acceptors (Lipinski definition) is 4. The van der Waals surface area contributed by atoms with E-state index in [-0.39, 0.29) is 22.1 Å². The lowest BCUT2D eigenvalue weighted by atomic mass is 10.1. The highest BCUT2D eigenvalue weighted by molar-refractivity contribution is 9.10. The highest BCUT2D eigenvalue weighted by Crippen LogP contribution is 2.27. The fourth-order valence-corrected chi connectivity index (χ4v) is 2.98. The molecule has 0 amide bonds. The summed E-state index contributed by atoms with van der Waals surface area (Å²) in [6.45, 7) is 1.36. The van der Waals surface area contributed by atoms with Gasteiger partial charge in [0, 0.05) is 10.0 Å². The molecular formula is C14H12BrNO4S. The van der Waals surface area contributed by atoms with Crippen molar-refractivity contribution in [2.45, 2.75) is 11.8 Å². The zero-order valence-corrected chi connectivity index (χ0v) is 13.4. The Morgan fingerprint density at radius 3 is 2.33 bits per heavy atom. The van der Waals surface area contributed by atoms with Crippen LogP contribution in [-0.4, -0.2) is 19.3 Å². The number of hydrogen-bond donors (Lipinski definition) is 2. The molecule has 0 atom stereocenters. The van der Waals surface area contributed by atoms with E-state index in [0.29, 0.717) is 5.56 Å². The number of rotatable bonds is 4. The Bertz CT molecular complexity index is 785. The molecule has 0 aromatic heterocycles. The van der Waals surface area contributed by atoms with Crippen LogP contribution in [0.4, 0.5) is 5.69 Å². The first-order valence-corrected chi connectivity index (χ1v) is 8.19. The monoisotopic (exact) mass is 369 g/mol. The topological polar surface area (TPSA) is 83.5 Å². The summed E-state index contributed by atoms with van der Waals surface area (Å²) in [6, 6.07) is 10.1. The summed E-state index contributed by atoms with van der Waals surface area (Å²) < 4.78 is 27.5. The Kier molecular flexibility index (Phi) is 4.34. The molecule has 0 spiro atoms. The number of phenols is 1. The van der Waals surface area contributed by atoms with Gasteiger partial charge in [0.1, 0.15) is 5.75 Å². The number of aromatic hydroxyl groups is 1. The van der Waals surface area contributed by atoms with Gasteiger partial charge in [0.15, 0.2) is 5.78 Å². The number of carbonyl (C=O) groups is 1. The van der Waals surface area contributed by atoms with E-state index in [1.807, 2.05) is 0 Å². The van der Waals surface area contributed by atoms with E-state index < -0.39 is 10.0 Å². The number of phenolic OH excluding ortho intramolecular Hbond substituents is 1. The number of ketones is 1. The van der Waals surface area contributed by atoms with Crippen molar-refractivity contribution < 1.29 is 18.3 Å². The first-order chi connectivity index (χ1) is 9.79. The van der Waals surface area contributed by atoms with Crippen molar-refractivity contribution in [1.29, 1.82) is 0 Å². The van der Waals surface area contributed by atoms with Gasteiger partial charge in [-0.3, -0.25) is 9.52 Å². The van der Waals surface area contributed by atoms with Gasteiger partial charge >= 0.3 is 0 Å². The van der Waals surface area contributed by atoms with Crippen LogP contribution >= 0.6 is 15.9 Å². The summed E-state index contributed by atoms with van der Waals surface area (Å²) in [5.41, 5.74) is 0.270. The van der Waals surface area contributed by atoms with Crippen molar-refractivity contribution >= 4 is 37.4 Å². The van der Waals surface area contributed by atoms with Gasteiger partial charge in [-0.25, -0.2) is 8.42 Å². The molecule has 5 nitrogen and oxygen atoms in total. The summed E-state index contributed by atoms with van der Waals surface area (Å²) in [4.78, 5) is 11.4. The summed E-state index contributed by atoms with van der Waals surface area (Å²) in [7, 11) is -3.84. The van der Waals surface area contributed by atoms with Crippen LogP contribution in [-0.2, 0) is 10.0 Å². The van der Waals surface area contributed by atoms with Gasteiger partial charge in [0.25, 0.3) is 10.0 Å². The predicted octanol–water partition coefficient (Wildman–Crippen LogP) is 3.16. The van der Waals surface area contributed by atoms with Crippen LogP contribution in [0.3, 0.4) is 0 Å². The van der Waals surface area contributed by atoms with Gasteiger partial charge < -0.3 is 5.11 Å². The molecule has 110 valence electrons. The smallest absolute Gasteiger partial charge is 0.262 e. The Morgan fingerprint density at radius 1 is 1.14 bits per heavy atom. The van der Waals surface area contributed by atoms with Crippen LogP contribution in [0.2, 0.25) is 0 Å². The molecule has 0 aliphatic rings. The number of anilines is 1.